The Morgan fingerprint density at radius 1 is 1.26 bits per heavy atom. The highest BCUT2D eigenvalue weighted by Crippen LogP contribution is 2.23. The van der Waals surface area contributed by atoms with E-state index in [9.17, 15) is 14.4 Å². The predicted molar refractivity (Wildman–Crippen MR) is 113 cm³/mol. The van der Waals surface area contributed by atoms with Crippen LogP contribution in [0.25, 0.3) is 0 Å². The lowest BCUT2D eigenvalue weighted by Crippen LogP contribution is -2.59. The third kappa shape index (κ3) is 5.12. The normalized spacial score (nSPS) is 23.7. The van der Waals surface area contributed by atoms with E-state index in [1.807, 2.05) is 13.8 Å². The second-order valence-corrected chi connectivity index (χ2v) is 8.03. The fourth-order valence-corrected chi connectivity index (χ4v) is 4.43. The number of rotatable bonds is 6. The molecule has 2 fully saturated rings. The number of carbonyl (C=O) groups is 3. The van der Waals surface area contributed by atoms with Crippen LogP contribution in [0.4, 0.5) is 4.79 Å². The summed E-state index contributed by atoms with van der Waals surface area (Å²) in [7, 11) is 1.33. The Hall–Kier alpha value is -2.33. The van der Waals surface area contributed by atoms with Crippen LogP contribution in [0.2, 0.25) is 5.15 Å². The molecular formula is C20H30ClN5O5. The molecule has 1 aromatic rings. The van der Waals surface area contributed by atoms with Gasteiger partial charge in [0.25, 0.3) is 5.91 Å². The molecule has 2 N–H and O–H groups in total. The molecule has 3 heterocycles. The molecule has 3 rings (SSSR count). The zero-order chi connectivity index (χ0) is 22.5. The van der Waals surface area contributed by atoms with E-state index in [4.69, 9.17) is 21.1 Å². The van der Waals surface area contributed by atoms with Gasteiger partial charge >= 0.3 is 12.0 Å². The first-order chi connectivity index (χ1) is 14.9. The summed E-state index contributed by atoms with van der Waals surface area (Å²) in [5.74, 6) is -0.590. The molecule has 2 aliphatic heterocycles. The quantitative estimate of drug-likeness (QED) is 0.629. The summed E-state index contributed by atoms with van der Waals surface area (Å²) < 4.78 is 10.7. The Bertz CT molecular complexity index is 816. The smallest absolute Gasteiger partial charge is 0.328 e. The molecule has 0 saturated carbocycles. The molecule has 172 valence electrons. The van der Waals surface area contributed by atoms with Crippen LogP contribution in [0.1, 0.15) is 49.4 Å². The van der Waals surface area contributed by atoms with Gasteiger partial charge in [0.1, 0.15) is 6.04 Å². The average Bonchev–Trinajstić information content (AvgIpc) is 3.40. The third-order valence-electron chi connectivity index (χ3n) is 5.80. The number of aromatic amines is 1. The van der Waals surface area contributed by atoms with E-state index in [0.717, 1.165) is 6.42 Å². The second-order valence-electron chi connectivity index (χ2n) is 7.67. The second kappa shape index (κ2) is 10.3. The number of H-pyrrole nitrogens is 1. The highest BCUT2D eigenvalue weighted by Gasteiger charge is 2.40. The highest BCUT2D eigenvalue weighted by molar-refractivity contribution is 6.30. The van der Waals surface area contributed by atoms with Crippen LogP contribution in [-0.4, -0.2) is 89.2 Å². The Balaban J connectivity index is 1.65. The van der Waals surface area contributed by atoms with E-state index in [1.165, 1.54) is 7.11 Å². The van der Waals surface area contributed by atoms with E-state index in [2.05, 4.69) is 15.3 Å². The fourth-order valence-electron chi connectivity index (χ4n) is 4.16. The maximum atomic E-state index is 13.1. The summed E-state index contributed by atoms with van der Waals surface area (Å²) in [6, 6.07) is -1.02. The van der Waals surface area contributed by atoms with Crippen molar-refractivity contribution >= 4 is 29.5 Å². The Kier molecular flexibility index (Phi) is 7.77. The van der Waals surface area contributed by atoms with E-state index in [0.29, 0.717) is 56.4 Å². The number of halogens is 1. The van der Waals surface area contributed by atoms with Gasteiger partial charge in [0.2, 0.25) is 0 Å². The minimum atomic E-state index is -0.545. The predicted octanol–water partition coefficient (Wildman–Crippen LogP) is 1.59. The van der Waals surface area contributed by atoms with Gasteiger partial charge in [0, 0.05) is 19.7 Å². The van der Waals surface area contributed by atoms with Gasteiger partial charge in [-0.2, -0.15) is 0 Å². The van der Waals surface area contributed by atoms with Crippen molar-refractivity contribution in [2.75, 3.05) is 33.4 Å². The number of aromatic nitrogens is 2. The van der Waals surface area contributed by atoms with Gasteiger partial charge in [-0.05, 0) is 32.6 Å². The molecule has 0 spiro atoms. The van der Waals surface area contributed by atoms with Crippen LogP contribution in [-0.2, 0) is 20.7 Å². The number of hydrogen-bond donors (Lipinski definition) is 2. The summed E-state index contributed by atoms with van der Waals surface area (Å²) >= 11 is 6.04. The van der Waals surface area contributed by atoms with Crippen LogP contribution < -0.4 is 5.32 Å². The van der Waals surface area contributed by atoms with Gasteiger partial charge in [-0.25, -0.2) is 14.6 Å². The molecule has 3 atom stereocenters. The fraction of sp³-hybridized carbons (Fsp3) is 0.700. The van der Waals surface area contributed by atoms with Crippen molar-refractivity contribution in [1.82, 2.24) is 25.1 Å². The maximum absolute atomic E-state index is 13.1. The number of urea groups is 1. The summed E-state index contributed by atoms with van der Waals surface area (Å²) in [5.41, 5.74) is 0.708. The van der Waals surface area contributed by atoms with Crippen LogP contribution in [0.5, 0.6) is 0 Å². The molecule has 11 heteroatoms. The zero-order valence-corrected chi connectivity index (χ0v) is 18.9. The van der Waals surface area contributed by atoms with Gasteiger partial charge in [-0.15, -0.1) is 0 Å². The SMILES string of the molecule is CCOC1CN(C(=O)N2CCC[C@H]2C(=O)OC)CCC1NC(=O)c1nc(Cl)c(CC)[nH]1. The average molecular weight is 456 g/mol. The summed E-state index contributed by atoms with van der Waals surface area (Å²) in [4.78, 5) is 48.0. The molecule has 1 aromatic heterocycles. The monoisotopic (exact) mass is 455 g/mol. The number of carbonyl (C=O) groups excluding carboxylic acids is 3. The molecule has 3 amide bonds. The van der Waals surface area contributed by atoms with Crippen molar-refractivity contribution in [2.24, 2.45) is 0 Å². The molecular weight excluding hydrogens is 426 g/mol. The third-order valence-corrected chi connectivity index (χ3v) is 6.11. The van der Waals surface area contributed by atoms with Crippen molar-refractivity contribution in [3.63, 3.8) is 0 Å². The number of nitrogens with zero attached hydrogens (tertiary/aromatic N) is 3. The van der Waals surface area contributed by atoms with Gasteiger partial charge in [-0.1, -0.05) is 18.5 Å². The van der Waals surface area contributed by atoms with Gasteiger partial charge in [0.15, 0.2) is 11.0 Å². The first-order valence-corrected chi connectivity index (χ1v) is 11.1. The summed E-state index contributed by atoms with van der Waals surface area (Å²) in [6.07, 6.45) is 2.16. The maximum Gasteiger partial charge on any atom is 0.328 e. The van der Waals surface area contributed by atoms with Crippen molar-refractivity contribution in [3.05, 3.63) is 16.7 Å². The minimum absolute atomic E-state index is 0.161. The standard InChI is InChI=1S/C20H30ClN5O5/c1-4-12-16(21)24-17(22-12)18(27)23-13-8-10-25(11-15(13)31-5-2)20(29)26-9-6-7-14(26)19(28)30-3/h13-15H,4-11H2,1-3H3,(H,22,24)(H,23,27)/t13?,14-,15?/m0/s1. The lowest BCUT2D eigenvalue weighted by atomic mass is 10.0. The Morgan fingerprint density at radius 3 is 2.68 bits per heavy atom. The number of esters is 1. The van der Waals surface area contributed by atoms with Crippen molar-refractivity contribution < 1.29 is 23.9 Å². The number of methoxy groups -OCH3 is 1. The Labute approximate surface area is 186 Å². The van der Waals surface area contributed by atoms with E-state index in [1.54, 1.807) is 9.80 Å². The molecule has 0 radical (unpaired) electrons. The van der Waals surface area contributed by atoms with Gasteiger partial charge < -0.3 is 29.6 Å². The molecule has 0 aliphatic carbocycles. The first kappa shape index (κ1) is 23.3. The van der Waals surface area contributed by atoms with E-state index in [-0.39, 0.29) is 29.9 Å². The summed E-state index contributed by atoms with van der Waals surface area (Å²) in [5, 5.41) is 3.25. The molecule has 10 nitrogen and oxygen atoms in total. The van der Waals surface area contributed by atoms with E-state index < -0.39 is 12.0 Å². The number of ether oxygens (including phenoxy) is 2. The topological polar surface area (TPSA) is 117 Å². The number of piperidine rings is 1. The molecule has 2 saturated heterocycles. The molecule has 0 aromatic carbocycles. The van der Waals surface area contributed by atoms with E-state index >= 15 is 0 Å². The van der Waals surface area contributed by atoms with Crippen LogP contribution in [0.15, 0.2) is 0 Å². The number of aryl methyl sites for hydroxylation is 1. The molecule has 0 bridgehead atoms. The lowest BCUT2D eigenvalue weighted by molar-refractivity contribution is -0.145. The molecule has 2 aliphatic rings. The zero-order valence-electron chi connectivity index (χ0n) is 18.1. The number of likely N-dealkylation sites (tertiary alicyclic amines) is 2. The summed E-state index contributed by atoms with van der Waals surface area (Å²) in [6.45, 7) is 5.52. The van der Waals surface area contributed by atoms with Gasteiger partial charge in [-0.3, -0.25) is 4.79 Å². The Morgan fingerprint density at radius 2 is 2.03 bits per heavy atom. The highest BCUT2D eigenvalue weighted by atomic mass is 35.5. The lowest BCUT2D eigenvalue weighted by Gasteiger charge is -2.40. The molecule has 31 heavy (non-hydrogen) atoms. The van der Waals surface area contributed by atoms with Gasteiger partial charge in [0.05, 0.1) is 31.5 Å². The van der Waals surface area contributed by atoms with Crippen LogP contribution in [0, 0.1) is 0 Å². The first-order valence-electron chi connectivity index (χ1n) is 10.7. The number of imidazole rings is 1. The van der Waals surface area contributed by atoms with Crippen LogP contribution in [0.3, 0.4) is 0 Å². The number of nitrogens with one attached hydrogen (secondary N) is 2. The van der Waals surface area contributed by atoms with Crippen molar-refractivity contribution in [1.29, 1.82) is 0 Å². The number of amides is 3. The van der Waals surface area contributed by atoms with Crippen LogP contribution >= 0.6 is 11.6 Å². The number of hydrogen-bond acceptors (Lipinski definition) is 6. The molecule has 2 unspecified atom stereocenters. The van der Waals surface area contributed by atoms with Crippen molar-refractivity contribution in [3.8, 4) is 0 Å². The van der Waals surface area contributed by atoms with Crippen molar-refractivity contribution in [2.45, 2.75) is 57.7 Å². The largest absolute Gasteiger partial charge is 0.467 e. The minimum Gasteiger partial charge on any atom is -0.467 e.